The second kappa shape index (κ2) is 6.04. The standard InChI is InChI=1S/C15H20N2/c1-6-9-15(13(3)17(4)5)16-14-11-8-7-10-12(14)2/h6-11H,2H2,1,3-5H3/b9-6+,15-13+,16-14?. The van der Waals surface area contributed by atoms with Crippen LogP contribution in [0.25, 0.3) is 0 Å². The Morgan fingerprint density at radius 1 is 1.29 bits per heavy atom. The first-order chi connectivity index (χ1) is 8.06. The lowest BCUT2D eigenvalue weighted by atomic mass is 10.1. The lowest BCUT2D eigenvalue weighted by Crippen LogP contribution is -2.11. The Morgan fingerprint density at radius 2 is 1.94 bits per heavy atom. The monoisotopic (exact) mass is 228 g/mol. The second-order valence-electron chi connectivity index (χ2n) is 4.11. The highest BCUT2D eigenvalue weighted by Crippen LogP contribution is 2.14. The normalized spacial score (nSPS) is 19.1. The lowest BCUT2D eigenvalue weighted by Gasteiger charge is -2.15. The van der Waals surface area contributed by atoms with E-state index in [2.05, 4.69) is 23.4 Å². The number of allylic oxidation sites excluding steroid dienone is 8. The zero-order chi connectivity index (χ0) is 12.8. The fourth-order valence-corrected chi connectivity index (χ4v) is 1.38. The fraction of sp³-hybridized carbons (Fsp3) is 0.267. The van der Waals surface area contributed by atoms with E-state index < -0.39 is 0 Å². The quantitative estimate of drug-likeness (QED) is 0.675. The molecule has 0 bridgehead atoms. The molecule has 0 radical (unpaired) electrons. The van der Waals surface area contributed by atoms with E-state index in [0.29, 0.717) is 0 Å². The summed E-state index contributed by atoms with van der Waals surface area (Å²) in [4.78, 5) is 6.72. The largest absolute Gasteiger partial charge is 0.379 e. The van der Waals surface area contributed by atoms with Gasteiger partial charge in [-0.25, -0.2) is 4.99 Å². The first-order valence-electron chi connectivity index (χ1n) is 5.70. The molecule has 0 N–H and O–H groups in total. The van der Waals surface area contributed by atoms with Crippen molar-refractivity contribution in [2.45, 2.75) is 13.8 Å². The molecule has 1 aliphatic rings. The van der Waals surface area contributed by atoms with Gasteiger partial charge in [0.15, 0.2) is 0 Å². The Bertz CT molecular complexity index is 444. The van der Waals surface area contributed by atoms with Gasteiger partial charge in [-0.1, -0.05) is 30.9 Å². The highest BCUT2D eigenvalue weighted by Gasteiger charge is 2.04. The molecule has 2 nitrogen and oxygen atoms in total. The summed E-state index contributed by atoms with van der Waals surface area (Å²) in [6, 6.07) is 0. The molecule has 0 fully saturated rings. The van der Waals surface area contributed by atoms with Crippen molar-refractivity contribution in [2.75, 3.05) is 14.1 Å². The Hall–Kier alpha value is -1.83. The number of hydrogen-bond donors (Lipinski definition) is 0. The highest BCUT2D eigenvalue weighted by molar-refractivity contribution is 6.11. The molecule has 0 unspecified atom stereocenters. The predicted octanol–water partition coefficient (Wildman–Crippen LogP) is 3.48. The van der Waals surface area contributed by atoms with Gasteiger partial charge in [0.1, 0.15) is 0 Å². The summed E-state index contributed by atoms with van der Waals surface area (Å²) in [5.74, 6) is 0. The second-order valence-corrected chi connectivity index (χ2v) is 4.11. The first kappa shape index (κ1) is 13.2. The number of nitrogens with zero attached hydrogens (tertiary/aromatic N) is 2. The van der Waals surface area contributed by atoms with E-state index >= 15 is 0 Å². The molecule has 0 amide bonds. The number of hydrogen-bond acceptors (Lipinski definition) is 2. The van der Waals surface area contributed by atoms with Gasteiger partial charge in [-0.15, -0.1) is 0 Å². The van der Waals surface area contributed by atoms with Crippen LogP contribution in [0.2, 0.25) is 0 Å². The summed E-state index contributed by atoms with van der Waals surface area (Å²) in [5, 5.41) is 0. The zero-order valence-electron chi connectivity index (χ0n) is 11.1. The molecule has 90 valence electrons. The van der Waals surface area contributed by atoms with E-state index in [0.717, 1.165) is 22.7 Å². The average molecular weight is 228 g/mol. The van der Waals surface area contributed by atoms with Crippen molar-refractivity contribution >= 4 is 5.71 Å². The average Bonchev–Trinajstić information content (AvgIpc) is 2.30. The zero-order valence-corrected chi connectivity index (χ0v) is 11.1. The third-order valence-corrected chi connectivity index (χ3v) is 2.60. The van der Waals surface area contributed by atoms with Crippen LogP contribution in [-0.4, -0.2) is 24.7 Å². The van der Waals surface area contributed by atoms with Crippen LogP contribution in [0, 0.1) is 0 Å². The van der Waals surface area contributed by atoms with Crippen LogP contribution in [0.5, 0.6) is 0 Å². The summed E-state index contributed by atoms with van der Waals surface area (Å²) in [6.45, 7) is 8.04. The van der Waals surface area contributed by atoms with Crippen LogP contribution in [0.4, 0.5) is 0 Å². The van der Waals surface area contributed by atoms with Crippen LogP contribution in [0.15, 0.2) is 65.0 Å². The summed E-state index contributed by atoms with van der Waals surface area (Å²) >= 11 is 0. The van der Waals surface area contributed by atoms with Gasteiger partial charge in [0.2, 0.25) is 0 Å². The van der Waals surface area contributed by atoms with Gasteiger partial charge < -0.3 is 4.90 Å². The van der Waals surface area contributed by atoms with Gasteiger partial charge in [0.25, 0.3) is 0 Å². The Kier molecular flexibility index (Phi) is 4.70. The predicted molar refractivity (Wildman–Crippen MR) is 76.1 cm³/mol. The van der Waals surface area contributed by atoms with Crippen molar-refractivity contribution < 1.29 is 0 Å². The third kappa shape index (κ3) is 3.59. The van der Waals surface area contributed by atoms with E-state index in [1.54, 1.807) is 0 Å². The van der Waals surface area contributed by atoms with E-state index in [1.807, 2.05) is 57.5 Å². The summed E-state index contributed by atoms with van der Waals surface area (Å²) in [7, 11) is 4.04. The van der Waals surface area contributed by atoms with E-state index in [-0.39, 0.29) is 0 Å². The smallest absolute Gasteiger partial charge is 0.0821 e. The molecule has 0 saturated heterocycles. The van der Waals surface area contributed by atoms with E-state index in [4.69, 9.17) is 0 Å². The molecule has 0 saturated carbocycles. The van der Waals surface area contributed by atoms with Gasteiger partial charge in [-0.05, 0) is 31.6 Å². The van der Waals surface area contributed by atoms with Gasteiger partial charge in [-0.2, -0.15) is 0 Å². The highest BCUT2D eigenvalue weighted by atomic mass is 15.1. The van der Waals surface area contributed by atoms with Crippen LogP contribution in [0.3, 0.4) is 0 Å². The van der Waals surface area contributed by atoms with Crippen molar-refractivity contribution in [3.05, 3.63) is 60.0 Å². The van der Waals surface area contributed by atoms with Gasteiger partial charge in [0, 0.05) is 19.8 Å². The molecular formula is C15H20N2. The molecule has 1 aliphatic carbocycles. The fourth-order valence-electron chi connectivity index (χ4n) is 1.38. The van der Waals surface area contributed by atoms with Crippen molar-refractivity contribution in [3.8, 4) is 0 Å². The third-order valence-electron chi connectivity index (χ3n) is 2.60. The SMILES string of the molecule is C=C1C=CC=CC1=NC(/C=C/C)=C(\C)N(C)C. The van der Waals surface area contributed by atoms with Crippen molar-refractivity contribution in [3.63, 3.8) is 0 Å². The molecule has 0 heterocycles. The molecule has 0 aliphatic heterocycles. The van der Waals surface area contributed by atoms with Crippen molar-refractivity contribution in [1.29, 1.82) is 0 Å². The molecule has 2 heteroatoms. The summed E-state index contributed by atoms with van der Waals surface area (Å²) < 4.78 is 0. The maximum atomic E-state index is 4.66. The maximum absolute atomic E-state index is 4.66. The molecule has 0 spiro atoms. The van der Waals surface area contributed by atoms with Crippen LogP contribution in [0.1, 0.15) is 13.8 Å². The Morgan fingerprint density at radius 3 is 2.47 bits per heavy atom. The van der Waals surface area contributed by atoms with Crippen LogP contribution in [-0.2, 0) is 0 Å². The number of rotatable bonds is 3. The van der Waals surface area contributed by atoms with Crippen molar-refractivity contribution in [2.24, 2.45) is 4.99 Å². The topological polar surface area (TPSA) is 15.6 Å². The molecule has 0 aromatic carbocycles. The number of aliphatic imine (C=N–C) groups is 1. The molecular weight excluding hydrogens is 208 g/mol. The minimum absolute atomic E-state index is 0.918. The van der Waals surface area contributed by atoms with Crippen LogP contribution < -0.4 is 0 Å². The molecule has 0 aromatic rings. The first-order valence-corrected chi connectivity index (χ1v) is 5.70. The lowest BCUT2D eigenvalue weighted by molar-refractivity contribution is 0.508. The van der Waals surface area contributed by atoms with Gasteiger partial charge >= 0.3 is 0 Å². The van der Waals surface area contributed by atoms with Crippen molar-refractivity contribution in [1.82, 2.24) is 4.90 Å². The summed E-state index contributed by atoms with van der Waals surface area (Å²) in [5.41, 5.74) is 3.96. The summed E-state index contributed by atoms with van der Waals surface area (Å²) in [6.07, 6.45) is 11.9. The molecule has 17 heavy (non-hydrogen) atoms. The minimum Gasteiger partial charge on any atom is -0.379 e. The van der Waals surface area contributed by atoms with Crippen LogP contribution >= 0.6 is 0 Å². The van der Waals surface area contributed by atoms with E-state index in [9.17, 15) is 0 Å². The molecule has 1 rings (SSSR count). The molecule has 0 atom stereocenters. The van der Waals surface area contributed by atoms with Gasteiger partial charge in [-0.3, -0.25) is 0 Å². The van der Waals surface area contributed by atoms with Gasteiger partial charge in [0.05, 0.1) is 11.4 Å². The Balaban J connectivity index is 3.15. The van der Waals surface area contributed by atoms with E-state index in [1.165, 1.54) is 0 Å². The Labute approximate surface area is 104 Å². The maximum Gasteiger partial charge on any atom is 0.0821 e. The minimum atomic E-state index is 0.918. The molecule has 0 aromatic heterocycles.